The molecule has 6 heteroatoms. The third kappa shape index (κ3) is 2.72. The van der Waals surface area contributed by atoms with Crippen LogP contribution in [0.15, 0.2) is 42.7 Å². The first-order valence-electron chi connectivity index (χ1n) is 8.01. The van der Waals surface area contributed by atoms with Gasteiger partial charge in [0.25, 0.3) is 5.91 Å². The van der Waals surface area contributed by atoms with Crippen molar-refractivity contribution in [3.05, 3.63) is 54.0 Å². The Morgan fingerprint density at radius 3 is 3.00 bits per heavy atom. The number of amides is 1. The molecule has 0 saturated carbocycles. The molecule has 0 bridgehead atoms. The number of carbonyl (C=O) groups excluding carboxylic acids is 1. The SMILES string of the molecule is CN1CC=C(c2cnc3ccc(C(=O)Nc4ccc[nH]4)[nH]c2-3)CC1. The van der Waals surface area contributed by atoms with Crippen molar-refractivity contribution in [1.29, 1.82) is 0 Å². The smallest absolute Gasteiger partial charge is 0.273 e. The Hall–Kier alpha value is -2.86. The van der Waals surface area contributed by atoms with E-state index in [1.54, 1.807) is 12.3 Å². The van der Waals surface area contributed by atoms with Crippen LogP contribution >= 0.6 is 0 Å². The van der Waals surface area contributed by atoms with Crippen LogP contribution in [0.1, 0.15) is 22.5 Å². The molecule has 0 aliphatic carbocycles. The summed E-state index contributed by atoms with van der Waals surface area (Å²) in [5, 5.41) is 2.83. The summed E-state index contributed by atoms with van der Waals surface area (Å²) in [4.78, 5) is 25.4. The van der Waals surface area contributed by atoms with Crippen molar-refractivity contribution < 1.29 is 4.79 Å². The summed E-state index contributed by atoms with van der Waals surface area (Å²) in [6.07, 6.45) is 6.89. The van der Waals surface area contributed by atoms with E-state index in [0.29, 0.717) is 11.5 Å². The standard InChI is InChI=1S/C18H19N5O/c1-23-9-6-12(7-10-23)13-11-20-14-4-5-15(21-17(13)14)18(24)22-16-3-2-8-19-16/h2-6,8,11,19,21H,7,9-10H2,1H3,(H,22,24). The lowest BCUT2D eigenvalue weighted by atomic mass is 9.99. The minimum Gasteiger partial charge on any atom is -0.349 e. The third-order valence-corrected chi connectivity index (χ3v) is 4.37. The normalized spacial score (nSPS) is 15.5. The molecule has 0 aromatic carbocycles. The predicted octanol–water partition coefficient (Wildman–Crippen LogP) is 2.81. The maximum atomic E-state index is 12.4. The van der Waals surface area contributed by atoms with E-state index in [4.69, 9.17) is 0 Å². The molecule has 3 aliphatic rings. The molecule has 0 unspecified atom stereocenters. The molecule has 4 rings (SSSR count). The molecular weight excluding hydrogens is 302 g/mol. The molecule has 1 aromatic rings. The molecule has 1 aromatic heterocycles. The zero-order chi connectivity index (χ0) is 16.5. The van der Waals surface area contributed by atoms with Gasteiger partial charge in [0.2, 0.25) is 0 Å². The number of aromatic amines is 2. The van der Waals surface area contributed by atoms with Gasteiger partial charge in [-0.05, 0) is 43.3 Å². The lowest BCUT2D eigenvalue weighted by Gasteiger charge is -2.22. The molecule has 3 aliphatic heterocycles. The van der Waals surface area contributed by atoms with Gasteiger partial charge in [-0.15, -0.1) is 0 Å². The van der Waals surface area contributed by atoms with Crippen LogP contribution in [0.25, 0.3) is 17.0 Å². The molecule has 122 valence electrons. The van der Waals surface area contributed by atoms with Gasteiger partial charge in [-0.1, -0.05) is 6.08 Å². The largest absolute Gasteiger partial charge is 0.349 e. The van der Waals surface area contributed by atoms with E-state index >= 15 is 0 Å². The Kier molecular flexibility index (Phi) is 3.66. The van der Waals surface area contributed by atoms with Gasteiger partial charge in [-0.3, -0.25) is 9.78 Å². The number of hydrogen-bond acceptors (Lipinski definition) is 3. The van der Waals surface area contributed by atoms with Crippen molar-refractivity contribution in [3.63, 3.8) is 0 Å². The van der Waals surface area contributed by atoms with Crippen molar-refractivity contribution in [2.45, 2.75) is 6.42 Å². The molecule has 0 spiro atoms. The number of rotatable bonds is 3. The van der Waals surface area contributed by atoms with Gasteiger partial charge in [0.1, 0.15) is 11.5 Å². The number of likely N-dealkylation sites (N-methyl/N-ethyl adjacent to an activating group) is 1. The van der Waals surface area contributed by atoms with Gasteiger partial charge in [0.15, 0.2) is 0 Å². The van der Waals surface area contributed by atoms with Gasteiger partial charge < -0.3 is 20.2 Å². The topological polar surface area (TPSA) is 76.8 Å². The Labute approximate surface area is 139 Å². The summed E-state index contributed by atoms with van der Waals surface area (Å²) in [7, 11) is 2.11. The maximum absolute atomic E-state index is 12.4. The van der Waals surface area contributed by atoms with Gasteiger partial charge in [-0.25, -0.2) is 0 Å². The molecule has 6 nitrogen and oxygen atoms in total. The maximum Gasteiger partial charge on any atom is 0.273 e. The van der Waals surface area contributed by atoms with E-state index in [1.807, 2.05) is 24.4 Å². The Bertz CT molecular complexity index is 862. The monoisotopic (exact) mass is 321 g/mol. The van der Waals surface area contributed by atoms with Crippen molar-refractivity contribution >= 4 is 17.3 Å². The molecular formula is C18H19N5O. The minimum absolute atomic E-state index is 0.177. The van der Waals surface area contributed by atoms with Gasteiger partial charge in [0, 0.05) is 31.0 Å². The summed E-state index contributed by atoms with van der Waals surface area (Å²) in [5.74, 6) is 0.497. The molecule has 3 N–H and O–H groups in total. The second-order valence-corrected chi connectivity index (χ2v) is 6.08. The number of nitrogens with zero attached hydrogens (tertiary/aromatic N) is 2. The van der Waals surface area contributed by atoms with Crippen LogP contribution in [0.5, 0.6) is 0 Å². The van der Waals surface area contributed by atoms with E-state index < -0.39 is 0 Å². The fraction of sp³-hybridized carbons (Fsp3) is 0.222. The summed E-state index contributed by atoms with van der Waals surface area (Å²) >= 11 is 0. The molecule has 0 saturated heterocycles. The average Bonchev–Trinajstić information content (AvgIpc) is 3.24. The average molecular weight is 321 g/mol. The highest BCUT2D eigenvalue weighted by Crippen LogP contribution is 2.32. The number of pyridine rings is 1. The van der Waals surface area contributed by atoms with Crippen LogP contribution in [0.3, 0.4) is 0 Å². The van der Waals surface area contributed by atoms with Gasteiger partial charge >= 0.3 is 0 Å². The fourth-order valence-corrected chi connectivity index (χ4v) is 2.99. The number of nitrogens with one attached hydrogen (secondary N) is 3. The molecule has 0 radical (unpaired) electrons. The first-order chi connectivity index (χ1) is 11.7. The number of aromatic nitrogens is 3. The number of anilines is 1. The zero-order valence-corrected chi connectivity index (χ0v) is 13.5. The Balaban J connectivity index is 1.65. The highest BCUT2D eigenvalue weighted by atomic mass is 16.1. The van der Waals surface area contributed by atoms with E-state index in [0.717, 1.165) is 36.5 Å². The van der Waals surface area contributed by atoms with Crippen LogP contribution in [0.4, 0.5) is 5.82 Å². The minimum atomic E-state index is -0.177. The second-order valence-electron chi connectivity index (χ2n) is 6.08. The number of hydrogen-bond donors (Lipinski definition) is 3. The first kappa shape index (κ1) is 14.7. The Morgan fingerprint density at radius 1 is 1.33 bits per heavy atom. The van der Waals surface area contributed by atoms with Gasteiger partial charge in [-0.2, -0.15) is 0 Å². The lowest BCUT2D eigenvalue weighted by Crippen LogP contribution is -2.23. The molecule has 4 heterocycles. The van der Waals surface area contributed by atoms with Crippen LogP contribution in [-0.4, -0.2) is 45.9 Å². The number of fused-ring (bicyclic) bond motifs is 1. The molecule has 1 amide bonds. The van der Waals surface area contributed by atoms with E-state index in [1.165, 1.54) is 5.57 Å². The first-order valence-corrected chi connectivity index (χ1v) is 8.01. The summed E-state index contributed by atoms with van der Waals surface area (Å²) in [6.45, 7) is 1.97. The lowest BCUT2D eigenvalue weighted by molar-refractivity contribution is 0.102. The summed E-state index contributed by atoms with van der Waals surface area (Å²) < 4.78 is 0. The van der Waals surface area contributed by atoms with Crippen LogP contribution < -0.4 is 5.32 Å². The summed E-state index contributed by atoms with van der Waals surface area (Å²) in [6, 6.07) is 7.30. The fourth-order valence-electron chi connectivity index (χ4n) is 2.99. The van der Waals surface area contributed by atoms with Crippen molar-refractivity contribution in [3.8, 4) is 11.4 Å². The van der Waals surface area contributed by atoms with Crippen LogP contribution in [0.2, 0.25) is 0 Å². The molecule has 0 atom stereocenters. The molecule has 0 fully saturated rings. The molecule has 24 heavy (non-hydrogen) atoms. The zero-order valence-electron chi connectivity index (χ0n) is 13.5. The summed E-state index contributed by atoms with van der Waals surface area (Å²) in [5.41, 5.74) is 4.69. The van der Waals surface area contributed by atoms with E-state index in [9.17, 15) is 4.79 Å². The quantitative estimate of drug-likeness (QED) is 0.694. The van der Waals surface area contributed by atoms with Crippen LogP contribution in [-0.2, 0) is 0 Å². The highest BCUT2D eigenvalue weighted by molar-refractivity contribution is 6.03. The Morgan fingerprint density at radius 2 is 2.25 bits per heavy atom. The highest BCUT2D eigenvalue weighted by Gasteiger charge is 2.19. The number of H-pyrrole nitrogens is 2. The van der Waals surface area contributed by atoms with Crippen molar-refractivity contribution in [1.82, 2.24) is 19.9 Å². The van der Waals surface area contributed by atoms with Gasteiger partial charge in [0.05, 0.1) is 11.4 Å². The predicted molar refractivity (Wildman–Crippen MR) is 94.0 cm³/mol. The van der Waals surface area contributed by atoms with Crippen LogP contribution in [0, 0.1) is 0 Å². The van der Waals surface area contributed by atoms with E-state index in [2.05, 4.69) is 38.3 Å². The van der Waals surface area contributed by atoms with Crippen molar-refractivity contribution in [2.24, 2.45) is 0 Å². The van der Waals surface area contributed by atoms with E-state index in [-0.39, 0.29) is 5.91 Å². The third-order valence-electron chi connectivity index (χ3n) is 4.37. The number of carbonyl (C=O) groups is 1. The second kappa shape index (κ2) is 5.98. The van der Waals surface area contributed by atoms with Crippen molar-refractivity contribution in [2.75, 3.05) is 25.5 Å².